The number of hydrogen-bond donors (Lipinski definition) is 3. The molecule has 0 aliphatic carbocycles. The van der Waals surface area contributed by atoms with Crippen molar-refractivity contribution in [3.05, 3.63) is 24.3 Å². The summed E-state index contributed by atoms with van der Waals surface area (Å²) in [5.41, 5.74) is 0. The van der Waals surface area contributed by atoms with Gasteiger partial charge in [-0.2, -0.15) is 0 Å². The van der Waals surface area contributed by atoms with E-state index in [-0.39, 0.29) is 18.5 Å². The standard InChI is InChI=1S/C72H139NO5/c1-3-5-7-9-11-13-15-17-19-21-23-24-25-26-29-32-36-40-44-48-52-56-60-64-70(75)69(68-74)73-71(76)65-61-57-53-49-45-41-37-33-30-27-28-31-35-39-43-47-51-55-59-63-67-78-72(77)66-62-58-54-50-46-42-38-34-22-20-18-16-14-12-10-8-6-4-2/h27,30,60,64,69-70,74-75H,3-26,28-29,31-59,61-63,65-68H2,1-2H3,(H,73,76)/b30-27-,64-60+. The van der Waals surface area contributed by atoms with Crippen molar-refractivity contribution in [1.82, 2.24) is 5.32 Å². The lowest BCUT2D eigenvalue weighted by Gasteiger charge is -2.20. The van der Waals surface area contributed by atoms with Crippen LogP contribution in [0.15, 0.2) is 24.3 Å². The molecule has 0 aromatic carbocycles. The van der Waals surface area contributed by atoms with Crippen molar-refractivity contribution in [1.29, 1.82) is 0 Å². The second-order valence-corrected chi connectivity index (χ2v) is 24.6. The minimum Gasteiger partial charge on any atom is -0.466 e. The van der Waals surface area contributed by atoms with Gasteiger partial charge in [0.25, 0.3) is 0 Å². The van der Waals surface area contributed by atoms with Gasteiger partial charge in [-0.3, -0.25) is 9.59 Å². The fourth-order valence-electron chi connectivity index (χ4n) is 11.3. The Morgan fingerprint density at radius 3 is 0.910 bits per heavy atom. The molecule has 6 nitrogen and oxygen atoms in total. The molecule has 0 spiro atoms. The number of amides is 1. The van der Waals surface area contributed by atoms with Crippen molar-refractivity contribution in [2.24, 2.45) is 0 Å². The Kier molecular flexibility index (Phi) is 66.4. The van der Waals surface area contributed by atoms with Crippen LogP contribution in [0, 0.1) is 0 Å². The molecule has 0 aromatic rings. The van der Waals surface area contributed by atoms with Crippen molar-refractivity contribution in [2.75, 3.05) is 13.2 Å². The molecule has 6 heteroatoms. The van der Waals surface area contributed by atoms with Crippen LogP contribution in [0.1, 0.15) is 399 Å². The summed E-state index contributed by atoms with van der Waals surface area (Å²) in [6, 6.07) is -0.635. The minimum absolute atomic E-state index is 0.0109. The van der Waals surface area contributed by atoms with E-state index in [0.29, 0.717) is 19.4 Å². The first-order valence-corrected chi connectivity index (χ1v) is 35.6. The summed E-state index contributed by atoms with van der Waals surface area (Å²) >= 11 is 0. The predicted molar refractivity (Wildman–Crippen MR) is 343 cm³/mol. The Morgan fingerprint density at radius 2 is 0.603 bits per heavy atom. The third-order valence-corrected chi connectivity index (χ3v) is 16.7. The Bertz CT molecular complexity index is 1220. The van der Waals surface area contributed by atoms with E-state index in [1.807, 2.05) is 6.08 Å². The number of nitrogens with one attached hydrogen (secondary N) is 1. The minimum atomic E-state index is -0.851. The van der Waals surface area contributed by atoms with Crippen LogP contribution in [0.25, 0.3) is 0 Å². The van der Waals surface area contributed by atoms with Crippen molar-refractivity contribution < 1.29 is 24.5 Å². The molecule has 0 aliphatic rings. The fourth-order valence-corrected chi connectivity index (χ4v) is 11.3. The maximum absolute atomic E-state index is 12.5. The number of carbonyl (C=O) groups excluding carboxylic acids is 2. The van der Waals surface area contributed by atoms with Crippen LogP contribution >= 0.6 is 0 Å². The van der Waals surface area contributed by atoms with Gasteiger partial charge in [-0.1, -0.05) is 353 Å². The molecule has 2 unspecified atom stereocenters. The van der Waals surface area contributed by atoms with E-state index in [4.69, 9.17) is 4.74 Å². The lowest BCUT2D eigenvalue weighted by atomic mass is 10.0. The normalized spacial score (nSPS) is 12.6. The molecule has 0 aromatic heterocycles. The maximum Gasteiger partial charge on any atom is 0.305 e. The molecule has 1 amide bonds. The van der Waals surface area contributed by atoms with E-state index in [0.717, 1.165) is 44.9 Å². The van der Waals surface area contributed by atoms with Gasteiger partial charge in [-0.15, -0.1) is 0 Å². The van der Waals surface area contributed by atoms with Crippen molar-refractivity contribution in [3.63, 3.8) is 0 Å². The van der Waals surface area contributed by atoms with Crippen LogP contribution < -0.4 is 5.32 Å². The highest BCUT2D eigenvalue weighted by atomic mass is 16.5. The number of unbranched alkanes of at least 4 members (excludes halogenated alkanes) is 54. The summed E-state index contributed by atoms with van der Waals surface area (Å²) in [6.07, 6.45) is 85.4. The van der Waals surface area contributed by atoms with Crippen LogP contribution in [0.2, 0.25) is 0 Å². The summed E-state index contributed by atoms with van der Waals surface area (Å²) in [5, 5.41) is 23.3. The average Bonchev–Trinajstić information content (AvgIpc) is 3.44. The molecule has 0 saturated heterocycles. The van der Waals surface area contributed by atoms with Crippen LogP contribution in [-0.4, -0.2) is 47.4 Å². The summed E-state index contributed by atoms with van der Waals surface area (Å²) in [5.74, 6) is -0.0614. The Morgan fingerprint density at radius 1 is 0.346 bits per heavy atom. The Labute approximate surface area is 488 Å². The van der Waals surface area contributed by atoms with E-state index < -0.39 is 12.1 Å². The van der Waals surface area contributed by atoms with Gasteiger partial charge in [0.15, 0.2) is 0 Å². The SMILES string of the molecule is CCCCCCCCCCCCCCCCCCCCCCC/C=C/C(O)C(CO)NC(=O)CCCCCCCCC/C=C\CCCCCCCCCCCOC(=O)CCCCCCCCCCCCCCCCCCCC. The van der Waals surface area contributed by atoms with Gasteiger partial charge in [0.1, 0.15) is 0 Å². The first-order valence-electron chi connectivity index (χ1n) is 35.6. The van der Waals surface area contributed by atoms with Gasteiger partial charge in [0, 0.05) is 12.8 Å². The zero-order chi connectivity index (χ0) is 56.4. The molecule has 0 heterocycles. The second-order valence-electron chi connectivity index (χ2n) is 24.6. The van der Waals surface area contributed by atoms with Gasteiger partial charge in [-0.05, 0) is 57.8 Å². The number of ether oxygens (including phenoxy) is 1. The number of esters is 1. The third-order valence-electron chi connectivity index (χ3n) is 16.7. The number of aliphatic hydroxyl groups excluding tert-OH is 2. The molecule has 0 rings (SSSR count). The van der Waals surface area contributed by atoms with Crippen LogP contribution in [0.4, 0.5) is 0 Å². The third kappa shape index (κ3) is 63.5. The second kappa shape index (κ2) is 67.8. The molecule has 0 radical (unpaired) electrons. The van der Waals surface area contributed by atoms with E-state index >= 15 is 0 Å². The molecular weight excluding hydrogens is 959 g/mol. The first-order chi connectivity index (χ1) is 38.5. The lowest BCUT2D eigenvalue weighted by Crippen LogP contribution is -2.45. The highest BCUT2D eigenvalue weighted by molar-refractivity contribution is 5.76. The predicted octanol–water partition coefficient (Wildman–Crippen LogP) is 22.9. The number of allylic oxidation sites excluding steroid dienone is 3. The highest BCUT2D eigenvalue weighted by Crippen LogP contribution is 2.19. The largest absolute Gasteiger partial charge is 0.466 e. The number of rotatable bonds is 67. The summed E-state index contributed by atoms with van der Waals surface area (Å²) in [6.45, 7) is 4.94. The fraction of sp³-hybridized carbons (Fsp3) is 0.917. The monoisotopic (exact) mass is 1100 g/mol. The van der Waals surface area contributed by atoms with Gasteiger partial charge in [-0.25, -0.2) is 0 Å². The molecular formula is C72H139NO5. The van der Waals surface area contributed by atoms with E-state index in [1.165, 1.54) is 327 Å². The Hall–Kier alpha value is -1.66. The summed E-state index contributed by atoms with van der Waals surface area (Å²) in [4.78, 5) is 24.6. The first kappa shape index (κ1) is 76.3. The molecule has 0 bridgehead atoms. The van der Waals surface area contributed by atoms with Crippen LogP contribution in [0.3, 0.4) is 0 Å². The molecule has 462 valence electrons. The highest BCUT2D eigenvalue weighted by Gasteiger charge is 2.18. The zero-order valence-electron chi connectivity index (χ0n) is 52.9. The zero-order valence-corrected chi connectivity index (χ0v) is 52.9. The van der Waals surface area contributed by atoms with E-state index in [1.54, 1.807) is 6.08 Å². The van der Waals surface area contributed by atoms with Gasteiger partial charge >= 0.3 is 5.97 Å². The van der Waals surface area contributed by atoms with E-state index in [2.05, 4.69) is 31.3 Å². The summed E-state index contributed by atoms with van der Waals surface area (Å²) < 4.78 is 5.50. The molecule has 2 atom stereocenters. The molecule has 0 fully saturated rings. The van der Waals surface area contributed by atoms with E-state index in [9.17, 15) is 19.8 Å². The van der Waals surface area contributed by atoms with Crippen molar-refractivity contribution >= 4 is 11.9 Å². The lowest BCUT2D eigenvalue weighted by molar-refractivity contribution is -0.143. The molecule has 78 heavy (non-hydrogen) atoms. The van der Waals surface area contributed by atoms with Gasteiger partial charge < -0.3 is 20.3 Å². The van der Waals surface area contributed by atoms with Crippen molar-refractivity contribution in [3.8, 4) is 0 Å². The van der Waals surface area contributed by atoms with Crippen molar-refractivity contribution in [2.45, 2.75) is 411 Å². The van der Waals surface area contributed by atoms with Crippen LogP contribution in [-0.2, 0) is 14.3 Å². The molecule has 3 N–H and O–H groups in total. The summed E-state index contributed by atoms with van der Waals surface area (Å²) in [7, 11) is 0. The average molecular weight is 1100 g/mol. The number of hydrogen-bond acceptors (Lipinski definition) is 5. The molecule has 0 saturated carbocycles. The smallest absolute Gasteiger partial charge is 0.305 e. The Balaban J connectivity index is 3.43. The maximum atomic E-state index is 12.5. The topological polar surface area (TPSA) is 95.9 Å². The number of aliphatic hydroxyl groups is 2. The van der Waals surface area contributed by atoms with Crippen LogP contribution in [0.5, 0.6) is 0 Å². The number of carbonyl (C=O) groups is 2. The van der Waals surface area contributed by atoms with Gasteiger partial charge in [0.05, 0.1) is 25.4 Å². The molecule has 0 aliphatic heterocycles. The van der Waals surface area contributed by atoms with Gasteiger partial charge in [0.2, 0.25) is 5.91 Å². The quantitative estimate of drug-likeness (QED) is 0.0320.